The molecule has 2 heterocycles. The van der Waals surface area contributed by atoms with Crippen LogP contribution in [0.3, 0.4) is 0 Å². The molecule has 3 rings (SSSR count). The van der Waals surface area contributed by atoms with Crippen molar-refractivity contribution in [2.45, 2.75) is 6.92 Å². The number of nitrogens with zero attached hydrogens (tertiary/aromatic N) is 3. The van der Waals surface area contributed by atoms with Gasteiger partial charge in [-0.05, 0) is 36.7 Å². The third-order valence-corrected chi connectivity index (χ3v) is 2.90. The molecule has 0 bridgehead atoms. The van der Waals surface area contributed by atoms with Crippen LogP contribution in [-0.4, -0.2) is 20.2 Å². The van der Waals surface area contributed by atoms with Gasteiger partial charge in [0.05, 0.1) is 11.7 Å². The van der Waals surface area contributed by atoms with Crippen LogP contribution in [0.25, 0.3) is 10.9 Å². The highest BCUT2D eigenvalue weighted by Gasteiger charge is 2.08. The van der Waals surface area contributed by atoms with Gasteiger partial charge in [-0.2, -0.15) is 10.1 Å². The van der Waals surface area contributed by atoms with E-state index >= 15 is 0 Å². The fourth-order valence-electron chi connectivity index (χ4n) is 1.79. The molecule has 2 aromatic heterocycles. The van der Waals surface area contributed by atoms with Gasteiger partial charge < -0.3 is 5.32 Å². The van der Waals surface area contributed by atoms with Crippen molar-refractivity contribution in [2.24, 2.45) is 0 Å². The van der Waals surface area contributed by atoms with Crippen molar-refractivity contribution in [3.63, 3.8) is 0 Å². The third-order valence-electron chi connectivity index (χ3n) is 2.72. The zero-order chi connectivity index (χ0) is 13.4. The first kappa shape index (κ1) is 11.9. The molecule has 0 unspecified atom stereocenters. The van der Waals surface area contributed by atoms with E-state index in [1.807, 2.05) is 19.1 Å². The Balaban J connectivity index is 2.00. The molecule has 2 N–H and O–H groups in total. The SMILES string of the molecule is Cc1[nH]nc2ccc(Nc3nc(Cl)ncc3F)cc12. The first-order valence-corrected chi connectivity index (χ1v) is 5.91. The lowest BCUT2D eigenvalue weighted by atomic mass is 10.2. The summed E-state index contributed by atoms with van der Waals surface area (Å²) in [7, 11) is 0. The number of aryl methyl sites for hydroxylation is 1. The van der Waals surface area contributed by atoms with Crippen LogP contribution in [0, 0.1) is 12.7 Å². The van der Waals surface area contributed by atoms with Crippen molar-refractivity contribution in [2.75, 3.05) is 5.32 Å². The van der Waals surface area contributed by atoms with E-state index < -0.39 is 5.82 Å². The molecular weight excluding hydrogens is 269 g/mol. The zero-order valence-electron chi connectivity index (χ0n) is 9.91. The minimum Gasteiger partial charge on any atom is -0.338 e. The lowest BCUT2D eigenvalue weighted by Gasteiger charge is -2.06. The van der Waals surface area contributed by atoms with Crippen molar-refractivity contribution in [3.8, 4) is 0 Å². The highest BCUT2D eigenvalue weighted by molar-refractivity contribution is 6.28. The molecule has 3 aromatic rings. The number of nitrogens with one attached hydrogen (secondary N) is 2. The van der Waals surface area contributed by atoms with Crippen molar-refractivity contribution in [1.29, 1.82) is 0 Å². The van der Waals surface area contributed by atoms with E-state index in [1.54, 1.807) is 6.07 Å². The number of hydrogen-bond donors (Lipinski definition) is 2. The number of fused-ring (bicyclic) bond motifs is 1. The summed E-state index contributed by atoms with van der Waals surface area (Å²) in [5.41, 5.74) is 2.50. The van der Waals surface area contributed by atoms with Gasteiger partial charge in [0.15, 0.2) is 11.6 Å². The van der Waals surface area contributed by atoms with Gasteiger partial charge in [-0.3, -0.25) is 5.10 Å². The van der Waals surface area contributed by atoms with Crippen molar-refractivity contribution >= 4 is 34.0 Å². The van der Waals surface area contributed by atoms with Gasteiger partial charge in [0.1, 0.15) is 0 Å². The summed E-state index contributed by atoms with van der Waals surface area (Å²) in [5.74, 6) is -0.520. The predicted octanol–water partition coefficient (Wildman–Crippen LogP) is 3.20. The van der Waals surface area contributed by atoms with Crippen LogP contribution in [0.4, 0.5) is 15.9 Å². The van der Waals surface area contributed by atoms with E-state index in [2.05, 4.69) is 25.5 Å². The van der Waals surface area contributed by atoms with Crippen molar-refractivity contribution < 1.29 is 4.39 Å². The average molecular weight is 278 g/mol. The summed E-state index contributed by atoms with van der Waals surface area (Å²) >= 11 is 5.64. The Hall–Kier alpha value is -2.21. The Labute approximate surface area is 112 Å². The van der Waals surface area contributed by atoms with Gasteiger partial charge in [-0.1, -0.05) is 0 Å². The van der Waals surface area contributed by atoms with Gasteiger partial charge in [0.2, 0.25) is 5.28 Å². The molecule has 5 nitrogen and oxygen atoms in total. The lowest BCUT2D eigenvalue weighted by Crippen LogP contribution is -1.98. The summed E-state index contributed by atoms with van der Waals surface area (Å²) in [6.07, 6.45) is 1.03. The Morgan fingerprint density at radius 2 is 2.21 bits per heavy atom. The van der Waals surface area contributed by atoms with E-state index in [0.717, 1.165) is 22.8 Å². The van der Waals surface area contributed by atoms with Gasteiger partial charge >= 0.3 is 0 Å². The van der Waals surface area contributed by atoms with E-state index in [4.69, 9.17) is 11.6 Å². The number of hydrogen-bond acceptors (Lipinski definition) is 4. The Morgan fingerprint density at radius 3 is 3.05 bits per heavy atom. The van der Waals surface area contributed by atoms with Crippen LogP contribution < -0.4 is 5.32 Å². The standard InChI is InChI=1S/C12H9ClFN5/c1-6-8-4-7(2-3-10(8)19-18-6)16-11-9(14)5-15-12(13)17-11/h2-5H,1H3,(H,18,19)(H,15,16,17). The normalized spacial score (nSPS) is 10.9. The quantitative estimate of drug-likeness (QED) is 0.706. The first-order valence-electron chi connectivity index (χ1n) is 5.53. The minimum atomic E-state index is -0.562. The van der Waals surface area contributed by atoms with Gasteiger partial charge in [-0.25, -0.2) is 9.37 Å². The highest BCUT2D eigenvalue weighted by atomic mass is 35.5. The number of aromatic amines is 1. The molecule has 1 aromatic carbocycles. The lowest BCUT2D eigenvalue weighted by molar-refractivity contribution is 0.619. The monoisotopic (exact) mass is 277 g/mol. The maximum Gasteiger partial charge on any atom is 0.224 e. The smallest absolute Gasteiger partial charge is 0.224 e. The fourth-order valence-corrected chi connectivity index (χ4v) is 1.92. The summed E-state index contributed by atoms with van der Waals surface area (Å²) < 4.78 is 13.5. The second-order valence-electron chi connectivity index (χ2n) is 4.04. The molecular formula is C12H9ClFN5. The zero-order valence-corrected chi connectivity index (χ0v) is 10.7. The van der Waals surface area contributed by atoms with Crippen LogP contribution in [0.2, 0.25) is 5.28 Å². The van der Waals surface area contributed by atoms with Crippen LogP contribution >= 0.6 is 11.6 Å². The molecule has 0 radical (unpaired) electrons. The number of rotatable bonds is 2. The topological polar surface area (TPSA) is 66.5 Å². The maximum atomic E-state index is 13.5. The highest BCUT2D eigenvalue weighted by Crippen LogP contribution is 2.23. The van der Waals surface area contributed by atoms with E-state index in [-0.39, 0.29) is 11.1 Å². The van der Waals surface area contributed by atoms with Crippen LogP contribution in [0.5, 0.6) is 0 Å². The molecule has 0 aliphatic rings. The first-order chi connectivity index (χ1) is 9.13. The molecule has 19 heavy (non-hydrogen) atoms. The van der Waals surface area contributed by atoms with Gasteiger partial charge in [-0.15, -0.1) is 0 Å². The van der Waals surface area contributed by atoms with Crippen LogP contribution in [0.1, 0.15) is 5.69 Å². The number of H-pyrrole nitrogens is 1. The summed E-state index contributed by atoms with van der Waals surface area (Å²) in [5, 5.41) is 10.8. The summed E-state index contributed by atoms with van der Waals surface area (Å²) in [6, 6.07) is 5.49. The maximum absolute atomic E-state index is 13.5. The molecule has 0 aliphatic heterocycles. The fraction of sp³-hybridized carbons (Fsp3) is 0.0833. The molecule has 0 amide bonds. The third kappa shape index (κ3) is 2.22. The summed E-state index contributed by atoms with van der Waals surface area (Å²) in [4.78, 5) is 7.36. The molecule has 0 spiro atoms. The number of aromatic nitrogens is 4. The molecule has 96 valence electrons. The average Bonchev–Trinajstić information content (AvgIpc) is 2.76. The Morgan fingerprint density at radius 1 is 1.37 bits per heavy atom. The molecule has 0 saturated heterocycles. The number of halogens is 2. The summed E-state index contributed by atoms with van der Waals surface area (Å²) in [6.45, 7) is 1.92. The second-order valence-corrected chi connectivity index (χ2v) is 4.38. The van der Waals surface area contributed by atoms with Crippen LogP contribution in [-0.2, 0) is 0 Å². The van der Waals surface area contributed by atoms with E-state index in [9.17, 15) is 4.39 Å². The van der Waals surface area contributed by atoms with E-state index in [0.29, 0.717) is 5.69 Å². The van der Waals surface area contributed by atoms with Crippen molar-refractivity contribution in [3.05, 3.63) is 41.2 Å². The number of benzene rings is 1. The largest absolute Gasteiger partial charge is 0.338 e. The molecule has 0 atom stereocenters. The molecule has 0 saturated carbocycles. The van der Waals surface area contributed by atoms with E-state index in [1.165, 1.54) is 0 Å². The van der Waals surface area contributed by atoms with Gasteiger partial charge in [0.25, 0.3) is 0 Å². The Kier molecular flexibility index (Phi) is 2.79. The molecule has 0 aliphatic carbocycles. The van der Waals surface area contributed by atoms with Gasteiger partial charge in [0, 0.05) is 16.8 Å². The van der Waals surface area contributed by atoms with Crippen molar-refractivity contribution in [1.82, 2.24) is 20.2 Å². The predicted molar refractivity (Wildman–Crippen MR) is 71.1 cm³/mol. The van der Waals surface area contributed by atoms with Crippen LogP contribution in [0.15, 0.2) is 24.4 Å². The second kappa shape index (κ2) is 4.47. The molecule has 0 fully saturated rings. The Bertz CT molecular complexity index is 755. The number of anilines is 2. The minimum absolute atomic E-state index is 0.00975. The molecule has 7 heteroatoms.